The Morgan fingerprint density at radius 3 is 2.41 bits per heavy atom. The summed E-state index contributed by atoms with van der Waals surface area (Å²) >= 11 is 0. The fraction of sp³-hybridized carbons (Fsp3) is 0.419. The fourth-order valence-corrected chi connectivity index (χ4v) is 5.12. The molecule has 0 unspecified atom stereocenters. The van der Waals surface area contributed by atoms with Crippen LogP contribution < -0.4 is 9.47 Å². The van der Waals surface area contributed by atoms with Crippen LogP contribution in [-0.4, -0.2) is 71.5 Å². The standard InChI is InChI=1S/C31H37FN4O3/c32-27-13-11-25(12-14-27)22-34-17-19-36(20-18-34)30(37)24-35-16-5-1-2-6-21-38-28-9-3-4-10-29(28)39-31-26(23-35)8-7-15-33-31/h3-4,7-15H,1-2,5-6,16-24H2. The number of carbonyl (C=O) groups excluding carboxylic acids is 1. The minimum atomic E-state index is -0.217. The van der Waals surface area contributed by atoms with Gasteiger partial charge in [0.1, 0.15) is 5.82 Å². The highest BCUT2D eigenvalue weighted by molar-refractivity contribution is 5.78. The van der Waals surface area contributed by atoms with Crippen molar-refractivity contribution in [3.63, 3.8) is 0 Å². The average Bonchev–Trinajstić information content (AvgIpc) is 2.95. The van der Waals surface area contributed by atoms with Crippen molar-refractivity contribution in [2.45, 2.75) is 38.8 Å². The van der Waals surface area contributed by atoms with E-state index in [1.165, 1.54) is 12.1 Å². The lowest BCUT2D eigenvalue weighted by atomic mass is 10.1. The molecule has 0 saturated carbocycles. The second-order valence-electron chi connectivity index (χ2n) is 10.3. The number of amides is 1. The highest BCUT2D eigenvalue weighted by Crippen LogP contribution is 2.32. The molecule has 1 amide bonds. The molecule has 2 aliphatic heterocycles. The molecule has 2 aliphatic rings. The lowest BCUT2D eigenvalue weighted by Gasteiger charge is -2.36. The van der Waals surface area contributed by atoms with Crippen molar-refractivity contribution in [1.82, 2.24) is 19.7 Å². The summed E-state index contributed by atoms with van der Waals surface area (Å²) in [5.74, 6) is 1.85. The second-order valence-corrected chi connectivity index (χ2v) is 10.3. The Labute approximate surface area is 230 Å². The Morgan fingerprint density at radius 1 is 0.821 bits per heavy atom. The lowest BCUT2D eigenvalue weighted by molar-refractivity contribution is -0.134. The van der Waals surface area contributed by atoms with Crippen LogP contribution in [0.2, 0.25) is 0 Å². The van der Waals surface area contributed by atoms with E-state index in [2.05, 4.69) is 14.8 Å². The quantitative estimate of drug-likeness (QED) is 0.465. The van der Waals surface area contributed by atoms with Crippen molar-refractivity contribution >= 4 is 5.91 Å². The highest BCUT2D eigenvalue weighted by Gasteiger charge is 2.24. The fourth-order valence-electron chi connectivity index (χ4n) is 5.12. The number of rotatable bonds is 4. The van der Waals surface area contributed by atoms with Gasteiger partial charge >= 0.3 is 0 Å². The first-order valence-corrected chi connectivity index (χ1v) is 13.9. The van der Waals surface area contributed by atoms with Gasteiger partial charge in [0.2, 0.25) is 11.8 Å². The van der Waals surface area contributed by atoms with E-state index in [9.17, 15) is 9.18 Å². The van der Waals surface area contributed by atoms with E-state index < -0.39 is 0 Å². The lowest BCUT2D eigenvalue weighted by Crippen LogP contribution is -2.50. The van der Waals surface area contributed by atoms with Crippen LogP contribution in [0.1, 0.15) is 36.8 Å². The van der Waals surface area contributed by atoms with E-state index in [1.54, 1.807) is 6.20 Å². The van der Waals surface area contributed by atoms with Gasteiger partial charge in [-0.3, -0.25) is 14.6 Å². The third-order valence-electron chi connectivity index (χ3n) is 7.33. The number of para-hydroxylation sites is 2. The van der Waals surface area contributed by atoms with E-state index in [4.69, 9.17) is 9.47 Å². The number of carbonyl (C=O) groups is 1. The zero-order valence-electron chi connectivity index (χ0n) is 22.4. The van der Waals surface area contributed by atoms with Gasteiger partial charge in [0, 0.05) is 51.0 Å². The molecule has 3 heterocycles. The third kappa shape index (κ3) is 7.77. The molecule has 0 bridgehead atoms. The topological polar surface area (TPSA) is 58.1 Å². The van der Waals surface area contributed by atoms with Crippen molar-refractivity contribution in [1.29, 1.82) is 0 Å². The maximum absolute atomic E-state index is 13.4. The third-order valence-corrected chi connectivity index (χ3v) is 7.33. The molecule has 2 aromatic carbocycles. The first-order valence-electron chi connectivity index (χ1n) is 13.9. The largest absolute Gasteiger partial charge is 0.490 e. The van der Waals surface area contributed by atoms with Gasteiger partial charge in [-0.25, -0.2) is 9.37 Å². The van der Waals surface area contributed by atoms with Gasteiger partial charge in [-0.05, 0) is 55.3 Å². The summed E-state index contributed by atoms with van der Waals surface area (Å²) in [6.45, 7) is 6.22. The second kappa shape index (κ2) is 13.5. The van der Waals surface area contributed by atoms with Crippen molar-refractivity contribution < 1.29 is 18.7 Å². The van der Waals surface area contributed by atoms with Crippen LogP contribution in [0, 0.1) is 5.82 Å². The van der Waals surface area contributed by atoms with Gasteiger partial charge < -0.3 is 14.4 Å². The molecule has 3 aromatic rings. The average molecular weight is 533 g/mol. The smallest absolute Gasteiger partial charge is 0.236 e. The van der Waals surface area contributed by atoms with Crippen LogP contribution in [-0.2, 0) is 17.9 Å². The molecular formula is C31H37FN4O3. The van der Waals surface area contributed by atoms with Gasteiger partial charge in [0.25, 0.3) is 0 Å². The molecule has 1 aromatic heterocycles. The molecule has 0 radical (unpaired) electrons. The number of fused-ring (bicyclic) bond motifs is 2. The molecular weight excluding hydrogens is 495 g/mol. The van der Waals surface area contributed by atoms with Crippen LogP contribution in [0.4, 0.5) is 4.39 Å². The Bertz CT molecular complexity index is 1210. The summed E-state index contributed by atoms with van der Waals surface area (Å²) < 4.78 is 25.5. The predicted molar refractivity (Wildman–Crippen MR) is 148 cm³/mol. The Hall–Kier alpha value is -3.49. The van der Waals surface area contributed by atoms with Gasteiger partial charge in [-0.2, -0.15) is 0 Å². The predicted octanol–water partition coefficient (Wildman–Crippen LogP) is 5.11. The Morgan fingerprint density at radius 2 is 1.59 bits per heavy atom. The highest BCUT2D eigenvalue weighted by atomic mass is 19.1. The van der Waals surface area contributed by atoms with Gasteiger partial charge in [0.05, 0.1) is 13.2 Å². The summed E-state index contributed by atoms with van der Waals surface area (Å²) in [4.78, 5) is 24.4. The van der Waals surface area contributed by atoms with E-state index in [1.807, 2.05) is 53.4 Å². The molecule has 0 atom stereocenters. The summed E-state index contributed by atoms with van der Waals surface area (Å²) in [6, 6.07) is 18.3. The monoisotopic (exact) mass is 532 g/mol. The first kappa shape index (κ1) is 27.1. The SMILES string of the molecule is O=C(CN1CCCCCCOc2ccccc2Oc2ncccc2C1)N1CCN(Cc2ccc(F)cc2)CC1. The molecule has 7 nitrogen and oxygen atoms in total. The van der Waals surface area contributed by atoms with E-state index >= 15 is 0 Å². The maximum Gasteiger partial charge on any atom is 0.236 e. The zero-order valence-corrected chi connectivity index (χ0v) is 22.4. The van der Waals surface area contributed by atoms with Crippen molar-refractivity contribution in [3.05, 3.63) is 83.8 Å². The number of aromatic nitrogens is 1. The molecule has 5 rings (SSSR count). The maximum atomic E-state index is 13.4. The zero-order chi connectivity index (χ0) is 26.9. The number of hydrogen-bond acceptors (Lipinski definition) is 6. The summed E-state index contributed by atoms with van der Waals surface area (Å²) in [5, 5.41) is 0. The van der Waals surface area contributed by atoms with Gasteiger partial charge in [0.15, 0.2) is 11.5 Å². The molecule has 8 heteroatoms. The van der Waals surface area contributed by atoms with E-state index in [0.29, 0.717) is 44.4 Å². The van der Waals surface area contributed by atoms with Crippen molar-refractivity contribution in [2.24, 2.45) is 0 Å². The number of hydrogen-bond donors (Lipinski definition) is 0. The summed E-state index contributed by atoms with van der Waals surface area (Å²) in [7, 11) is 0. The molecule has 206 valence electrons. The summed E-state index contributed by atoms with van der Waals surface area (Å²) in [5.41, 5.74) is 2.03. The first-order chi connectivity index (χ1) is 19.1. The number of pyridine rings is 1. The molecule has 0 aliphatic carbocycles. The minimum absolute atomic E-state index is 0.155. The van der Waals surface area contributed by atoms with E-state index in [-0.39, 0.29) is 11.7 Å². The van der Waals surface area contributed by atoms with Crippen molar-refractivity contribution in [2.75, 3.05) is 45.9 Å². The number of benzene rings is 2. The molecule has 0 spiro atoms. The molecule has 0 N–H and O–H groups in total. The number of nitrogens with zero attached hydrogens (tertiary/aromatic N) is 4. The number of piperazine rings is 1. The number of ether oxygens (including phenoxy) is 2. The Balaban J connectivity index is 1.22. The van der Waals surface area contributed by atoms with Gasteiger partial charge in [-0.1, -0.05) is 43.2 Å². The van der Waals surface area contributed by atoms with Crippen LogP contribution in [0.25, 0.3) is 0 Å². The van der Waals surface area contributed by atoms with E-state index in [0.717, 1.165) is 68.7 Å². The van der Waals surface area contributed by atoms with Crippen LogP contribution >= 0.6 is 0 Å². The molecule has 1 fully saturated rings. The normalized spacial score (nSPS) is 17.7. The minimum Gasteiger partial charge on any atom is -0.490 e. The number of halogens is 1. The van der Waals surface area contributed by atoms with Crippen LogP contribution in [0.3, 0.4) is 0 Å². The molecule has 1 saturated heterocycles. The van der Waals surface area contributed by atoms with Gasteiger partial charge in [-0.15, -0.1) is 0 Å². The summed E-state index contributed by atoms with van der Waals surface area (Å²) in [6.07, 6.45) is 5.90. The Kier molecular flexibility index (Phi) is 9.40. The van der Waals surface area contributed by atoms with Crippen LogP contribution in [0.15, 0.2) is 66.9 Å². The molecule has 39 heavy (non-hydrogen) atoms. The van der Waals surface area contributed by atoms with Crippen LogP contribution in [0.5, 0.6) is 17.4 Å². The van der Waals surface area contributed by atoms with Crippen molar-refractivity contribution in [3.8, 4) is 17.4 Å².